The molecule has 0 atom stereocenters. The zero-order valence-electron chi connectivity index (χ0n) is 9.74. The Bertz CT molecular complexity index is 413. The molecule has 0 amide bonds. The minimum absolute atomic E-state index is 0.212. The smallest absolute Gasteiger partial charge is 0.315 e. The molecular formula is C13H15FO3. The van der Waals surface area contributed by atoms with Gasteiger partial charge in [-0.25, -0.2) is 4.39 Å². The second-order valence-electron chi connectivity index (χ2n) is 4.25. The van der Waals surface area contributed by atoms with Crippen molar-refractivity contribution in [3.8, 4) is 5.75 Å². The van der Waals surface area contributed by atoms with Gasteiger partial charge in [0.1, 0.15) is 23.6 Å². The van der Waals surface area contributed by atoms with Crippen LogP contribution in [0.25, 0.3) is 0 Å². The summed E-state index contributed by atoms with van der Waals surface area (Å²) in [5.41, 5.74) is -0.498. The van der Waals surface area contributed by atoms with Crippen LogP contribution in [0.4, 0.5) is 4.39 Å². The first kappa shape index (κ1) is 11.9. The van der Waals surface area contributed by atoms with Crippen molar-refractivity contribution in [3.63, 3.8) is 0 Å². The molecule has 1 fully saturated rings. The molecule has 2 rings (SSSR count). The SMILES string of the molecule is CCOC(=O)C1(COc2cccc(F)c2)CC1. The number of ether oxygens (including phenoxy) is 2. The van der Waals surface area contributed by atoms with Crippen molar-refractivity contribution in [1.82, 2.24) is 0 Å². The topological polar surface area (TPSA) is 35.5 Å². The predicted molar refractivity (Wildman–Crippen MR) is 60.2 cm³/mol. The molecule has 4 heteroatoms. The Kier molecular flexibility index (Phi) is 3.31. The van der Waals surface area contributed by atoms with Crippen LogP contribution in [0, 0.1) is 11.2 Å². The van der Waals surface area contributed by atoms with Crippen LogP contribution < -0.4 is 4.74 Å². The summed E-state index contributed by atoms with van der Waals surface area (Å²) in [6, 6.07) is 5.91. The maximum Gasteiger partial charge on any atom is 0.315 e. The second-order valence-corrected chi connectivity index (χ2v) is 4.25. The van der Waals surface area contributed by atoms with Gasteiger partial charge < -0.3 is 9.47 Å². The van der Waals surface area contributed by atoms with Crippen molar-refractivity contribution in [2.24, 2.45) is 5.41 Å². The van der Waals surface area contributed by atoms with E-state index in [4.69, 9.17) is 9.47 Å². The van der Waals surface area contributed by atoms with Gasteiger partial charge in [-0.05, 0) is 31.9 Å². The van der Waals surface area contributed by atoms with E-state index in [1.54, 1.807) is 19.1 Å². The van der Waals surface area contributed by atoms with Crippen molar-refractivity contribution >= 4 is 5.97 Å². The molecule has 0 N–H and O–H groups in total. The Morgan fingerprint density at radius 2 is 2.24 bits per heavy atom. The fourth-order valence-corrected chi connectivity index (χ4v) is 1.62. The first-order valence-corrected chi connectivity index (χ1v) is 5.72. The minimum Gasteiger partial charge on any atom is -0.492 e. The van der Waals surface area contributed by atoms with Crippen molar-refractivity contribution in [1.29, 1.82) is 0 Å². The van der Waals surface area contributed by atoms with E-state index in [9.17, 15) is 9.18 Å². The van der Waals surface area contributed by atoms with Crippen molar-refractivity contribution in [3.05, 3.63) is 30.1 Å². The number of esters is 1. The number of rotatable bonds is 5. The van der Waals surface area contributed by atoms with Crippen LogP contribution in [0.3, 0.4) is 0 Å². The molecule has 1 aliphatic rings. The molecule has 0 bridgehead atoms. The van der Waals surface area contributed by atoms with Crippen molar-refractivity contribution < 1.29 is 18.7 Å². The molecule has 1 saturated carbocycles. The standard InChI is InChI=1S/C13H15FO3/c1-2-16-12(15)13(6-7-13)9-17-11-5-3-4-10(14)8-11/h3-5,8H,2,6-7,9H2,1H3. The highest BCUT2D eigenvalue weighted by Gasteiger charge is 2.52. The summed E-state index contributed by atoms with van der Waals surface area (Å²) in [7, 11) is 0. The molecule has 1 aromatic carbocycles. The Morgan fingerprint density at radius 1 is 1.47 bits per heavy atom. The molecule has 0 spiro atoms. The lowest BCUT2D eigenvalue weighted by Gasteiger charge is -2.14. The van der Waals surface area contributed by atoms with Gasteiger partial charge in [-0.3, -0.25) is 4.79 Å². The summed E-state index contributed by atoms with van der Waals surface area (Å²) in [5, 5.41) is 0. The van der Waals surface area contributed by atoms with Gasteiger partial charge in [0.25, 0.3) is 0 Å². The normalized spacial score (nSPS) is 16.4. The van der Waals surface area contributed by atoms with Gasteiger partial charge in [0.2, 0.25) is 0 Å². The van der Waals surface area contributed by atoms with E-state index < -0.39 is 5.41 Å². The first-order chi connectivity index (χ1) is 8.16. The lowest BCUT2D eigenvalue weighted by atomic mass is 10.1. The lowest BCUT2D eigenvalue weighted by Crippen LogP contribution is -2.25. The second kappa shape index (κ2) is 4.73. The van der Waals surface area contributed by atoms with Gasteiger partial charge >= 0.3 is 5.97 Å². The fraction of sp³-hybridized carbons (Fsp3) is 0.462. The summed E-state index contributed by atoms with van der Waals surface area (Å²) >= 11 is 0. The van der Waals surface area contributed by atoms with Crippen molar-refractivity contribution in [2.75, 3.05) is 13.2 Å². The van der Waals surface area contributed by atoms with Crippen LogP contribution in [0.15, 0.2) is 24.3 Å². The molecule has 1 aromatic rings. The van der Waals surface area contributed by atoms with Gasteiger partial charge in [-0.1, -0.05) is 6.07 Å². The van der Waals surface area contributed by atoms with Crippen molar-refractivity contribution in [2.45, 2.75) is 19.8 Å². The largest absolute Gasteiger partial charge is 0.492 e. The zero-order valence-corrected chi connectivity index (χ0v) is 9.74. The number of benzene rings is 1. The van der Waals surface area contributed by atoms with Gasteiger partial charge in [0, 0.05) is 6.07 Å². The summed E-state index contributed by atoms with van der Waals surface area (Å²) in [4.78, 5) is 11.6. The molecule has 0 radical (unpaired) electrons. The molecule has 0 aromatic heterocycles. The third-order valence-corrected chi connectivity index (χ3v) is 2.87. The molecule has 0 saturated heterocycles. The van der Waals surface area contributed by atoms with Crippen LogP contribution in [-0.2, 0) is 9.53 Å². The average Bonchev–Trinajstić information content (AvgIpc) is 3.08. The number of hydrogen-bond donors (Lipinski definition) is 0. The number of halogens is 1. The molecule has 0 aliphatic heterocycles. The summed E-state index contributed by atoms with van der Waals surface area (Å²) < 4.78 is 23.3. The van der Waals surface area contributed by atoms with Gasteiger partial charge in [0.15, 0.2) is 0 Å². The maximum absolute atomic E-state index is 12.9. The van der Waals surface area contributed by atoms with E-state index in [-0.39, 0.29) is 18.4 Å². The summed E-state index contributed by atoms with van der Waals surface area (Å²) in [5.74, 6) is -0.111. The van der Waals surface area contributed by atoms with E-state index in [0.717, 1.165) is 12.8 Å². The third kappa shape index (κ3) is 2.75. The van der Waals surface area contributed by atoms with E-state index in [1.807, 2.05) is 0 Å². The molecule has 0 heterocycles. The number of carbonyl (C=O) groups is 1. The Morgan fingerprint density at radius 3 is 2.82 bits per heavy atom. The van der Waals surface area contributed by atoms with E-state index in [0.29, 0.717) is 12.4 Å². The van der Waals surface area contributed by atoms with E-state index in [2.05, 4.69) is 0 Å². The highest BCUT2D eigenvalue weighted by molar-refractivity contribution is 5.80. The number of carbonyl (C=O) groups excluding carboxylic acids is 1. The Balaban J connectivity index is 1.92. The summed E-state index contributed by atoms with van der Waals surface area (Å²) in [6.07, 6.45) is 1.56. The molecule has 17 heavy (non-hydrogen) atoms. The maximum atomic E-state index is 12.9. The quantitative estimate of drug-likeness (QED) is 0.739. The van der Waals surface area contributed by atoms with E-state index in [1.165, 1.54) is 12.1 Å². The van der Waals surface area contributed by atoms with Crippen LogP contribution >= 0.6 is 0 Å². The van der Waals surface area contributed by atoms with Crippen LogP contribution in [0.1, 0.15) is 19.8 Å². The molecule has 1 aliphatic carbocycles. The van der Waals surface area contributed by atoms with Crippen LogP contribution in [0.2, 0.25) is 0 Å². The minimum atomic E-state index is -0.498. The van der Waals surface area contributed by atoms with Crippen LogP contribution in [0.5, 0.6) is 5.75 Å². The molecular weight excluding hydrogens is 223 g/mol. The van der Waals surface area contributed by atoms with E-state index >= 15 is 0 Å². The van der Waals surface area contributed by atoms with Gasteiger partial charge in [-0.15, -0.1) is 0 Å². The number of hydrogen-bond acceptors (Lipinski definition) is 3. The van der Waals surface area contributed by atoms with Crippen LogP contribution in [-0.4, -0.2) is 19.2 Å². The highest BCUT2D eigenvalue weighted by atomic mass is 19.1. The highest BCUT2D eigenvalue weighted by Crippen LogP contribution is 2.47. The lowest BCUT2D eigenvalue weighted by molar-refractivity contribution is -0.150. The summed E-state index contributed by atoms with van der Waals surface area (Å²) in [6.45, 7) is 2.41. The van der Waals surface area contributed by atoms with Gasteiger partial charge in [0.05, 0.1) is 6.61 Å². The Hall–Kier alpha value is -1.58. The third-order valence-electron chi connectivity index (χ3n) is 2.87. The molecule has 3 nitrogen and oxygen atoms in total. The first-order valence-electron chi connectivity index (χ1n) is 5.72. The molecule has 92 valence electrons. The zero-order chi connectivity index (χ0) is 12.3. The average molecular weight is 238 g/mol. The monoisotopic (exact) mass is 238 g/mol. The Labute approximate surface area is 99.5 Å². The molecule has 0 unspecified atom stereocenters. The van der Waals surface area contributed by atoms with Gasteiger partial charge in [-0.2, -0.15) is 0 Å². The predicted octanol–water partition coefficient (Wildman–Crippen LogP) is 2.55. The fourth-order valence-electron chi connectivity index (χ4n) is 1.62.